The molecule has 0 fully saturated rings. The van der Waals surface area contributed by atoms with Crippen LogP contribution < -0.4 is 5.73 Å². The molecule has 0 bridgehead atoms. The van der Waals surface area contributed by atoms with Crippen molar-refractivity contribution in [2.24, 2.45) is 0 Å². The summed E-state index contributed by atoms with van der Waals surface area (Å²) in [6, 6.07) is 7.78. The standard InChI is InChI=1S/C13H15N3/c1-3-13-15-8-11(9(2)16-13)10-6-4-5-7-12(10)14/h4-8H,3,14H2,1-2H3. The molecule has 0 saturated heterocycles. The molecular weight excluding hydrogens is 198 g/mol. The van der Waals surface area contributed by atoms with E-state index >= 15 is 0 Å². The fourth-order valence-electron chi connectivity index (χ4n) is 1.69. The lowest BCUT2D eigenvalue weighted by Gasteiger charge is -2.08. The predicted octanol–water partition coefficient (Wildman–Crippen LogP) is 2.60. The minimum Gasteiger partial charge on any atom is -0.398 e. The Hall–Kier alpha value is -1.90. The van der Waals surface area contributed by atoms with Gasteiger partial charge < -0.3 is 5.73 Å². The van der Waals surface area contributed by atoms with Crippen LogP contribution in [0.1, 0.15) is 18.4 Å². The highest BCUT2D eigenvalue weighted by Crippen LogP contribution is 2.26. The zero-order valence-corrected chi connectivity index (χ0v) is 9.57. The van der Waals surface area contributed by atoms with E-state index in [4.69, 9.17) is 5.73 Å². The molecule has 0 spiro atoms. The first-order valence-corrected chi connectivity index (χ1v) is 5.39. The molecule has 0 aliphatic heterocycles. The number of nitrogen functional groups attached to an aromatic ring is 1. The van der Waals surface area contributed by atoms with Gasteiger partial charge in [0.2, 0.25) is 0 Å². The lowest BCUT2D eigenvalue weighted by molar-refractivity contribution is 0.920. The van der Waals surface area contributed by atoms with Crippen LogP contribution in [0.3, 0.4) is 0 Å². The van der Waals surface area contributed by atoms with E-state index in [9.17, 15) is 0 Å². The first-order valence-electron chi connectivity index (χ1n) is 5.39. The van der Waals surface area contributed by atoms with Gasteiger partial charge in [-0.25, -0.2) is 9.97 Å². The van der Waals surface area contributed by atoms with Crippen LogP contribution in [0.25, 0.3) is 11.1 Å². The topological polar surface area (TPSA) is 51.8 Å². The van der Waals surface area contributed by atoms with Gasteiger partial charge in [-0.15, -0.1) is 0 Å². The number of nitrogens with two attached hydrogens (primary N) is 1. The number of aromatic nitrogens is 2. The number of benzene rings is 1. The number of aryl methyl sites for hydroxylation is 2. The Balaban J connectivity index is 2.53. The fourth-order valence-corrected chi connectivity index (χ4v) is 1.69. The van der Waals surface area contributed by atoms with Crippen LogP contribution in [0.15, 0.2) is 30.5 Å². The highest BCUT2D eigenvalue weighted by Gasteiger charge is 2.07. The van der Waals surface area contributed by atoms with Crippen molar-refractivity contribution in [2.75, 3.05) is 5.73 Å². The Morgan fingerprint density at radius 2 is 1.94 bits per heavy atom. The van der Waals surface area contributed by atoms with Crippen LogP contribution in [0.5, 0.6) is 0 Å². The second-order valence-electron chi connectivity index (χ2n) is 3.73. The molecule has 3 heteroatoms. The molecule has 16 heavy (non-hydrogen) atoms. The van der Waals surface area contributed by atoms with Crippen molar-refractivity contribution in [1.29, 1.82) is 0 Å². The molecule has 0 aliphatic carbocycles. The van der Waals surface area contributed by atoms with E-state index in [2.05, 4.69) is 9.97 Å². The Kier molecular flexibility index (Phi) is 2.86. The van der Waals surface area contributed by atoms with Crippen LogP contribution >= 0.6 is 0 Å². The third-order valence-corrected chi connectivity index (χ3v) is 2.60. The van der Waals surface area contributed by atoms with E-state index in [1.165, 1.54) is 0 Å². The Morgan fingerprint density at radius 1 is 1.19 bits per heavy atom. The maximum absolute atomic E-state index is 5.94. The molecule has 1 aromatic carbocycles. The third kappa shape index (κ3) is 1.89. The molecule has 2 aromatic rings. The van der Waals surface area contributed by atoms with Crippen molar-refractivity contribution >= 4 is 5.69 Å². The molecular formula is C13H15N3. The number of para-hydroxylation sites is 1. The summed E-state index contributed by atoms with van der Waals surface area (Å²) >= 11 is 0. The monoisotopic (exact) mass is 213 g/mol. The van der Waals surface area contributed by atoms with Gasteiger partial charge in [-0.3, -0.25) is 0 Å². The van der Waals surface area contributed by atoms with Crippen molar-refractivity contribution in [3.8, 4) is 11.1 Å². The van der Waals surface area contributed by atoms with E-state index in [0.29, 0.717) is 0 Å². The van der Waals surface area contributed by atoms with E-state index in [1.54, 1.807) is 0 Å². The molecule has 2 rings (SSSR count). The van der Waals surface area contributed by atoms with Gasteiger partial charge in [0.15, 0.2) is 0 Å². The average molecular weight is 213 g/mol. The van der Waals surface area contributed by atoms with Crippen molar-refractivity contribution in [3.63, 3.8) is 0 Å². The maximum Gasteiger partial charge on any atom is 0.128 e. The van der Waals surface area contributed by atoms with Gasteiger partial charge in [0.05, 0.1) is 0 Å². The number of hydrogen-bond acceptors (Lipinski definition) is 3. The summed E-state index contributed by atoms with van der Waals surface area (Å²) in [4.78, 5) is 8.75. The molecule has 0 saturated carbocycles. The molecule has 3 nitrogen and oxygen atoms in total. The van der Waals surface area contributed by atoms with Crippen LogP contribution in [0.4, 0.5) is 5.69 Å². The summed E-state index contributed by atoms with van der Waals surface area (Å²) in [6.45, 7) is 4.04. The molecule has 0 aliphatic rings. The fraction of sp³-hybridized carbons (Fsp3) is 0.231. The zero-order chi connectivity index (χ0) is 11.5. The number of anilines is 1. The first kappa shape index (κ1) is 10.6. The van der Waals surface area contributed by atoms with Gasteiger partial charge in [-0.1, -0.05) is 25.1 Å². The van der Waals surface area contributed by atoms with Crippen LogP contribution in [0, 0.1) is 6.92 Å². The van der Waals surface area contributed by atoms with E-state index < -0.39 is 0 Å². The van der Waals surface area contributed by atoms with E-state index in [-0.39, 0.29) is 0 Å². The maximum atomic E-state index is 5.94. The van der Waals surface area contributed by atoms with Crippen molar-refractivity contribution in [3.05, 3.63) is 42.0 Å². The minimum atomic E-state index is 0.762. The van der Waals surface area contributed by atoms with Gasteiger partial charge in [0.1, 0.15) is 5.82 Å². The highest BCUT2D eigenvalue weighted by molar-refractivity contribution is 5.76. The van der Waals surface area contributed by atoms with Crippen LogP contribution in [0.2, 0.25) is 0 Å². The summed E-state index contributed by atoms with van der Waals surface area (Å²) in [5, 5.41) is 0. The SMILES string of the molecule is CCc1ncc(-c2ccccc2N)c(C)n1. The molecule has 0 atom stereocenters. The molecule has 0 amide bonds. The van der Waals surface area contributed by atoms with Crippen molar-refractivity contribution < 1.29 is 0 Å². The second kappa shape index (κ2) is 4.31. The third-order valence-electron chi connectivity index (χ3n) is 2.60. The Bertz CT molecular complexity index is 506. The van der Waals surface area contributed by atoms with Gasteiger partial charge >= 0.3 is 0 Å². The molecule has 0 unspecified atom stereocenters. The Labute approximate surface area is 95.4 Å². The average Bonchev–Trinajstić information content (AvgIpc) is 2.30. The highest BCUT2D eigenvalue weighted by atomic mass is 14.9. The first-order chi connectivity index (χ1) is 7.72. The van der Waals surface area contributed by atoms with Crippen molar-refractivity contribution in [1.82, 2.24) is 9.97 Å². The summed E-state index contributed by atoms with van der Waals surface area (Å²) in [5.41, 5.74) is 9.69. The Morgan fingerprint density at radius 3 is 2.56 bits per heavy atom. The summed E-state index contributed by atoms with van der Waals surface area (Å²) in [7, 11) is 0. The largest absolute Gasteiger partial charge is 0.398 e. The molecule has 1 aromatic heterocycles. The number of nitrogens with zero attached hydrogens (tertiary/aromatic N) is 2. The summed E-state index contributed by atoms with van der Waals surface area (Å²) in [6.07, 6.45) is 2.71. The van der Waals surface area contributed by atoms with Gasteiger partial charge in [0, 0.05) is 35.1 Å². The molecule has 82 valence electrons. The molecule has 2 N–H and O–H groups in total. The lowest BCUT2D eigenvalue weighted by Crippen LogP contribution is -1.98. The quantitative estimate of drug-likeness (QED) is 0.780. The smallest absolute Gasteiger partial charge is 0.128 e. The van der Waals surface area contributed by atoms with E-state index in [0.717, 1.165) is 34.8 Å². The summed E-state index contributed by atoms with van der Waals surface area (Å²) in [5.74, 6) is 0.871. The van der Waals surface area contributed by atoms with Gasteiger partial charge in [0.25, 0.3) is 0 Å². The number of rotatable bonds is 2. The lowest BCUT2D eigenvalue weighted by atomic mass is 10.0. The zero-order valence-electron chi connectivity index (χ0n) is 9.57. The number of hydrogen-bond donors (Lipinski definition) is 1. The van der Waals surface area contributed by atoms with Gasteiger partial charge in [-0.2, -0.15) is 0 Å². The van der Waals surface area contributed by atoms with Crippen LogP contribution in [-0.2, 0) is 6.42 Å². The minimum absolute atomic E-state index is 0.762. The van der Waals surface area contributed by atoms with Gasteiger partial charge in [-0.05, 0) is 13.0 Å². The van der Waals surface area contributed by atoms with Crippen molar-refractivity contribution in [2.45, 2.75) is 20.3 Å². The predicted molar refractivity (Wildman–Crippen MR) is 66.0 cm³/mol. The van der Waals surface area contributed by atoms with Crippen LogP contribution in [-0.4, -0.2) is 9.97 Å². The normalized spacial score (nSPS) is 10.4. The molecule has 0 radical (unpaired) electrons. The van der Waals surface area contributed by atoms with E-state index in [1.807, 2.05) is 44.3 Å². The second-order valence-corrected chi connectivity index (χ2v) is 3.73. The summed E-state index contributed by atoms with van der Waals surface area (Å²) < 4.78 is 0. The molecule has 1 heterocycles.